The number of ether oxygens (including phenoxy) is 1. The summed E-state index contributed by atoms with van der Waals surface area (Å²) in [6.07, 6.45) is 1.74. The predicted octanol–water partition coefficient (Wildman–Crippen LogP) is 1.54. The molecule has 0 spiro atoms. The molecule has 0 aromatic carbocycles. The summed E-state index contributed by atoms with van der Waals surface area (Å²) >= 11 is 0. The lowest BCUT2D eigenvalue weighted by atomic mass is 10.3. The zero-order valence-corrected chi connectivity index (χ0v) is 9.16. The first-order valence-corrected chi connectivity index (χ1v) is 4.69. The van der Waals surface area contributed by atoms with Gasteiger partial charge < -0.3 is 10.1 Å². The smallest absolute Gasteiger partial charge is 0.145 e. The Morgan fingerprint density at radius 2 is 2.14 bits per heavy atom. The first kappa shape index (κ1) is 10.9. The maximum atomic E-state index is 5.02. The molecule has 1 aromatic rings. The molecule has 1 heterocycles. The fourth-order valence-corrected chi connectivity index (χ4v) is 1.16. The fourth-order valence-electron chi connectivity index (χ4n) is 1.16. The van der Waals surface area contributed by atoms with Crippen LogP contribution in [0.15, 0.2) is 6.20 Å². The minimum Gasteiger partial charge on any atom is -0.383 e. The normalized spacial score (nSPS) is 12.6. The van der Waals surface area contributed by atoms with Gasteiger partial charge in [-0.3, -0.25) is 4.98 Å². The van der Waals surface area contributed by atoms with E-state index in [2.05, 4.69) is 15.3 Å². The summed E-state index contributed by atoms with van der Waals surface area (Å²) in [6.45, 7) is 6.61. The summed E-state index contributed by atoms with van der Waals surface area (Å²) in [4.78, 5) is 8.59. The summed E-state index contributed by atoms with van der Waals surface area (Å²) in [5, 5.41) is 3.21. The van der Waals surface area contributed by atoms with E-state index in [0.29, 0.717) is 6.61 Å². The van der Waals surface area contributed by atoms with Gasteiger partial charge >= 0.3 is 0 Å². The molecule has 1 rings (SSSR count). The van der Waals surface area contributed by atoms with E-state index >= 15 is 0 Å². The Morgan fingerprint density at radius 3 is 2.71 bits per heavy atom. The van der Waals surface area contributed by atoms with E-state index in [9.17, 15) is 0 Å². The maximum absolute atomic E-state index is 5.02. The van der Waals surface area contributed by atoms with E-state index in [-0.39, 0.29) is 6.04 Å². The molecule has 0 fully saturated rings. The third-order valence-electron chi connectivity index (χ3n) is 2.00. The van der Waals surface area contributed by atoms with Crippen LogP contribution in [0.25, 0.3) is 0 Å². The van der Waals surface area contributed by atoms with Crippen LogP contribution in [0.5, 0.6) is 0 Å². The molecule has 0 aliphatic rings. The highest BCUT2D eigenvalue weighted by Crippen LogP contribution is 2.06. The number of nitrogens with one attached hydrogen (secondary N) is 1. The van der Waals surface area contributed by atoms with Crippen LogP contribution in [0.3, 0.4) is 0 Å². The van der Waals surface area contributed by atoms with Crippen LogP contribution in [0, 0.1) is 13.8 Å². The largest absolute Gasteiger partial charge is 0.383 e. The van der Waals surface area contributed by atoms with Crippen molar-refractivity contribution >= 4 is 5.82 Å². The molecular formula is C10H17N3O. The zero-order valence-electron chi connectivity index (χ0n) is 9.16. The van der Waals surface area contributed by atoms with Crippen LogP contribution in [0.2, 0.25) is 0 Å². The van der Waals surface area contributed by atoms with Crippen LogP contribution in [0.1, 0.15) is 18.3 Å². The van der Waals surface area contributed by atoms with Gasteiger partial charge in [0.2, 0.25) is 0 Å². The van der Waals surface area contributed by atoms with E-state index in [1.54, 1.807) is 13.3 Å². The number of aryl methyl sites for hydroxylation is 2. The lowest BCUT2D eigenvalue weighted by Crippen LogP contribution is -2.21. The SMILES string of the molecule is COCC(C)Nc1cnc(C)c(C)n1. The molecule has 1 atom stereocenters. The molecule has 78 valence electrons. The van der Waals surface area contributed by atoms with Crippen molar-refractivity contribution < 1.29 is 4.74 Å². The Labute approximate surface area is 84.7 Å². The first-order valence-electron chi connectivity index (χ1n) is 4.69. The average molecular weight is 195 g/mol. The van der Waals surface area contributed by atoms with Gasteiger partial charge in [-0.05, 0) is 20.8 Å². The van der Waals surface area contributed by atoms with Crippen LogP contribution >= 0.6 is 0 Å². The number of methoxy groups -OCH3 is 1. The van der Waals surface area contributed by atoms with Gasteiger partial charge in [0.25, 0.3) is 0 Å². The monoisotopic (exact) mass is 195 g/mol. The van der Waals surface area contributed by atoms with Crippen molar-refractivity contribution in [3.8, 4) is 0 Å². The van der Waals surface area contributed by atoms with Gasteiger partial charge in [0.05, 0.1) is 24.2 Å². The highest BCUT2D eigenvalue weighted by molar-refractivity contribution is 5.34. The lowest BCUT2D eigenvalue weighted by molar-refractivity contribution is 0.190. The van der Waals surface area contributed by atoms with Crippen LogP contribution in [-0.2, 0) is 4.74 Å². The third-order valence-corrected chi connectivity index (χ3v) is 2.00. The summed E-state index contributed by atoms with van der Waals surface area (Å²) in [6, 6.07) is 0.247. The maximum Gasteiger partial charge on any atom is 0.145 e. The van der Waals surface area contributed by atoms with Crippen molar-refractivity contribution in [3.05, 3.63) is 17.6 Å². The number of aromatic nitrogens is 2. The third kappa shape index (κ3) is 2.96. The second-order valence-corrected chi connectivity index (χ2v) is 3.43. The van der Waals surface area contributed by atoms with Gasteiger partial charge in [0, 0.05) is 13.2 Å². The minimum absolute atomic E-state index is 0.247. The van der Waals surface area contributed by atoms with Crippen LogP contribution in [0.4, 0.5) is 5.82 Å². The number of hydrogen-bond donors (Lipinski definition) is 1. The van der Waals surface area contributed by atoms with Gasteiger partial charge in [0.15, 0.2) is 0 Å². The zero-order chi connectivity index (χ0) is 10.6. The molecule has 4 heteroatoms. The minimum atomic E-state index is 0.247. The summed E-state index contributed by atoms with van der Waals surface area (Å²) < 4.78 is 5.02. The summed E-state index contributed by atoms with van der Waals surface area (Å²) in [5.74, 6) is 0.803. The second kappa shape index (κ2) is 4.91. The Bertz CT molecular complexity index is 301. The Morgan fingerprint density at radius 1 is 1.43 bits per heavy atom. The van der Waals surface area contributed by atoms with E-state index < -0.39 is 0 Å². The molecule has 0 aliphatic heterocycles. The Balaban J connectivity index is 2.63. The molecule has 4 nitrogen and oxygen atoms in total. The van der Waals surface area contributed by atoms with E-state index in [1.807, 2.05) is 20.8 Å². The van der Waals surface area contributed by atoms with Crippen molar-refractivity contribution in [3.63, 3.8) is 0 Å². The van der Waals surface area contributed by atoms with Gasteiger partial charge in [-0.1, -0.05) is 0 Å². The van der Waals surface area contributed by atoms with Crippen molar-refractivity contribution in [2.45, 2.75) is 26.8 Å². The molecule has 1 aromatic heterocycles. The van der Waals surface area contributed by atoms with Crippen LogP contribution in [-0.4, -0.2) is 29.7 Å². The highest BCUT2D eigenvalue weighted by atomic mass is 16.5. The summed E-state index contributed by atoms with van der Waals surface area (Å²) in [5.41, 5.74) is 1.93. The second-order valence-electron chi connectivity index (χ2n) is 3.43. The van der Waals surface area contributed by atoms with Gasteiger partial charge in [-0.25, -0.2) is 4.98 Å². The van der Waals surface area contributed by atoms with Crippen molar-refractivity contribution in [2.75, 3.05) is 19.0 Å². The highest BCUT2D eigenvalue weighted by Gasteiger charge is 2.03. The molecule has 0 radical (unpaired) electrons. The van der Waals surface area contributed by atoms with Gasteiger partial charge in [-0.15, -0.1) is 0 Å². The molecule has 14 heavy (non-hydrogen) atoms. The molecular weight excluding hydrogens is 178 g/mol. The number of rotatable bonds is 4. The number of anilines is 1. The Hall–Kier alpha value is -1.16. The summed E-state index contributed by atoms with van der Waals surface area (Å²) in [7, 11) is 1.68. The van der Waals surface area contributed by atoms with E-state index in [1.165, 1.54) is 0 Å². The quantitative estimate of drug-likeness (QED) is 0.791. The molecule has 0 amide bonds. The Kier molecular flexibility index (Phi) is 3.83. The first-order chi connectivity index (χ1) is 6.63. The fraction of sp³-hybridized carbons (Fsp3) is 0.600. The number of nitrogens with zero attached hydrogens (tertiary/aromatic N) is 2. The topological polar surface area (TPSA) is 47.0 Å². The lowest BCUT2D eigenvalue weighted by Gasteiger charge is -2.13. The van der Waals surface area contributed by atoms with Gasteiger partial charge in [0.1, 0.15) is 5.82 Å². The molecule has 0 saturated heterocycles. The van der Waals surface area contributed by atoms with E-state index in [0.717, 1.165) is 17.2 Å². The molecule has 0 aliphatic carbocycles. The van der Waals surface area contributed by atoms with Crippen molar-refractivity contribution in [2.24, 2.45) is 0 Å². The van der Waals surface area contributed by atoms with Gasteiger partial charge in [-0.2, -0.15) is 0 Å². The van der Waals surface area contributed by atoms with E-state index in [4.69, 9.17) is 4.74 Å². The standard InChI is InChI=1S/C10H17N3O/c1-7(6-14-4)12-10-5-11-8(2)9(3)13-10/h5,7H,6H2,1-4H3,(H,12,13). The van der Waals surface area contributed by atoms with Crippen molar-refractivity contribution in [1.82, 2.24) is 9.97 Å². The average Bonchev–Trinajstić information content (AvgIpc) is 2.12. The molecule has 1 N–H and O–H groups in total. The molecule has 1 unspecified atom stereocenters. The molecule has 0 saturated carbocycles. The predicted molar refractivity (Wildman–Crippen MR) is 56.5 cm³/mol. The molecule has 0 bridgehead atoms. The number of hydrogen-bond acceptors (Lipinski definition) is 4. The van der Waals surface area contributed by atoms with Crippen LogP contribution < -0.4 is 5.32 Å². The van der Waals surface area contributed by atoms with Crippen molar-refractivity contribution in [1.29, 1.82) is 0 Å².